The maximum atomic E-state index is 14.2. The molecule has 0 saturated carbocycles. The molecule has 0 aliphatic rings. The van der Waals surface area contributed by atoms with Crippen molar-refractivity contribution in [2.24, 2.45) is 0 Å². The zero-order valence-corrected chi connectivity index (χ0v) is 47.9. The Kier molecular flexibility index (Phi) is 48.2. The number of carbonyl (C=O) groups excluding carboxylic acids is 4. The molecule has 0 aromatic carbocycles. The van der Waals surface area contributed by atoms with Gasteiger partial charge >= 0.3 is 11.9 Å². The summed E-state index contributed by atoms with van der Waals surface area (Å²) in [5, 5.41) is 5.79. The number of carbonyl (C=O) groups is 4. The molecular formula is C63H114N4O6. The summed E-state index contributed by atoms with van der Waals surface area (Å²) >= 11 is 0. The standard InChI is InChI=1S/C63H114N4O6/c1-5-9-13-17-21-23-25-27-29-33-37-40-45-57(44-39-35-31-19-15-11-7-3)72-62(70)51-48-59(66-61(69)50-49-60(68)65-52-43-54-67-55-53-64-56-67)63(71)73-58(46-41-36-32-20-16-12-8-4)47-42-38-34-30-28-26-24-22-18-14-10-6-2/h31-32,35-36,53,55-59H,5-30,33-34,37-52,54H2,1-4H3,(H,65,68)(H,66,69)/b35-31-,36-32-. The van der Waals surface area contributed by atoms with Crippen molar-refractivity contribution in [2.75, 3.05) is 6.54 Å². The normalized spacial score (nSPS) is 12.9. The van der Waals surface area contributed by atoms with Gasteiger partial charge in [-0.15, -0.1) is 0 Å². The highest BCUT2D eigenvalue weighted by atomic mass is 16.5. The molecule has 1 aromatic rings. The molecule has 10 heteroatoms. The second-order valence-corrected chi connectivity index (χ2v) is 21.3. The van der Waals surface area contributed by atoms with Crippen LogP contribution in [-0.2, 0) is 35.2 Å². The number of allylic oxidation sites excluding steroid dienone is 4. The van der Waals surface area contributed by atoms with Crippen LogP contribution in [0.5, 0.6) is 0 Å². The Labute approximate surface area is 449 Å². The maximum Gasteiger partial charge on any atom is 0.328 e. The molecule has 0 saturated heterocycles. The highest BCUT2D eigenvalue weighted by Gasteiger charge is 2.27. The maximum absolute atomic E-state index is 14.2. The number of unbranched alkanes of at least 4 members (excludes halogenated alkanes) is 28. The highest BCUT2D eigenvalue weighted by molar-refractivity contribution is 5.87. The average Bonchev–Trinajstić information content (AvgIpc) is 3.91. The zero-order valence-electron chi connectivity index (χ0n) is 47.9. The van der Waals surface area contributed by atoms with Crippen LogP contribution in [0.2, 0.25) is 0 Å². The number of imidazole rings is 1. The Morgan fingerprint density at radius 2 is 0.890 bits per heavy atom. The summed E-state index contributed by atoms with van der Waals surface area (Å²) < 4.78 is 14.4. The summed E-state index contributed by atoms with van der Waals surface area (Å²) in [7, 11) is 0. The second kappa shape index (κ2) is 52.0. The Bertz CT molecular complexity index is 1460. The topological polar surface area (TPSA) is 129 Å². The molecule has 3 unspecified atom stereocenters. The number of aryl methyl sites for hydroxylation is 1. The number of nitrogens with one attached hydrogen (secondary N) is 2. The van der Waals surface area contributed by atoms with Crippen molar-refractivity contribution < 1.29 is 28.7 Å². The van der Waals surface area contributed by atoms with Crippen molar-refractivity contribution in [1.29, 1.82) is 0 Å². The van der Waals surface area contributed by atoms with Crippen LogP contribution in [0.15, 0.2) is 43.0 Å². The van der Waals surface area contributed by atoms with Gasteiger partial charge in [0.2, 0.25) is 11.8 Å². The molecule has 2 N–H and O–H groups in total. The minimum Gasteiger partial charge on any atom is -0.462 e. The number of hydrogen-bond donors (Lipinski definition) is 2. The van der Waals surface area contributed by atoms with E-state index in [-0.39, 0.29) is 49.8 Å². The SMILES string of the molecule is CCCCC/C=C\CCC(CCCCCCCCCCCCCC)OC(=O)CCC(NC(=O)CCC(=O)NCCCn1ccnc1)C(=O)OC(CC/C=C\CCCCC)CCCCCCCCCCCCCC. The van der Waals surface area contributed by atoms with Crippen LogP contribution < -0.4 is 10.6 Å². The van der Waals surface area contributed by atoms with E-state index in [0.717, 1.165) is 83.6 Å². The van der Waals surface area contributed by atoms with Crippen LogP contribution in [0.1, 0.15) is 304 Å². The van der Waals surface area contributed by atoms with Gasteiger partial charge < -0.3 is 24.7 Å². The van der Waals surface area contributed by atoms with Crippen LogP contribution in [0, 0.1) is 0 Å². The molecule has 10 nitrogen and oxygen atoms in total. The summed E-state index contributed by atoms with van der Waals surface area (Å²) in [5.41, 5.74) is 0. The summed E-state index contributed by atoms with van der Waals surface area (Å²) in [6.45, 7) is 10.2. The number of hydrogen-bond acceptors (Lipinski definition) is 7. The van der Waals surface area contributed by atoms with Crippen molar-refractivity contribution in [3.63, 3.8) is 0 Å². The summed E-state index contributed by atoms with van der Waals surface area (Å²) in [5.74, 6) is -1.49. The van der Waals surface area contributed by atoms with Gasteiger partial charge in [-0.1, -0.05) is 219 Å². The van der Waals surface area contributed by atoms with Crippen molar-refractivity contribution in [3.05, 3.63) is 43.0 Å². The van der Waals surface area contributed by atoms with Gasteiger partial charge in [0.05, 0.1) is 6.33 Å². The lowest BCUT2D eigenvalue weighted by Crippen LogP contribution is -2.43. The van der Waals surface area contributed by atoms with E-state index < -0.39 is 17.9 Å². The first-order valence-corrected chi connectivity index (χ1v) is 31.0. The van der Waals surface area contributed by atoms with Gasteiger partial charge in [-0.2, -0.15) is 0 Å². The molecule has 2 amide bonds. The number of rotatable bonds is 54. The predicted octanol–water partition coefficient (Wildman–Crippen LogP) is 17.3. The quantitative estimate of drug-likeness (QED) is 0.0378. The van der Waals surface area contributed by atoms with E-state index in [9.17, 15) is 19.2 Å². The lowest BCUT2D eigenvalue weighted by Gasteiger charge is -2.23. The second-order valence-electron chi connectivity index (χ2n) is 21.3. The van der Waals surface area contributed by atoms with Gasteiger partial charge in [-0.25, -0.2) is 9.78 Å². The summed E-state index contributed by atoms with van der Waals surface area (Å²) in [6.07, 6.45) is 59.2. The predicted molar refractivity (Wildman–Crippen MR) is 306 cm³/mol. The van der Waals surface area contributed by atoms with Gasteiger partial charge in [0, 0.05) is 44.7 Å². The van der Waals surface area contributed by atoms with E-state index in [1.54, 1.807) is 12.5 Å². The lowest BCUT2D eigenvalue weighted by atomic mass is 10.0. The Morgan fingerprint density at radius 1 is 0.466 bits per heavy atom. The minimum absolute atomic E-state index is 0.000742. The molecule has 422 valence electrons. The van der Waals surface area contributed by atoms with E-state index >= 15 is 0 Å². The number of esters is 2. The number of nitrogens with zero attached hydrogens (tertiary/aromatic N) is 2. The number of ether oxygens (including phenoxy) is 2. The van der Waals surface area contributed by atoms with Gasteiger partial charge in [-0.3, -0.25) is 14.4 Å². The largest absolute Gasteiger partial charge is 0.462 e. The third-order valence-electron chi connectivity index (χ3n) is 14.2. The molecule has 0 fully saturated rings. The van der Waals surface area contributed by atoms with E-state index in [1.807, 2.05) is 10.8 Å². The van der Waals surface area contributed by atoms with Gasteiger partial charge in [0.25, 0.3) is 0 Å². The fourth-order valence-electron chi connectivity index (χ4n) is 9.50. The van der Waals surface area contributed by atoms with Gasteiger partial charge in [0.15, 0.2) is 0 Å². The Hall–Kier alpha value is -3.43. The molecule has 0 spiro atoms. The Balaban J connectivity index is 2.97. The van der Waals surface area contributed by atoms with Crippen LogP contribution in [0.25, 0.3) is 0 Å². The van der Waals surface area contributed by atoms with Gasteiger partial charge in [0.1, 0.15) is 18.2 Å². The smallest absolute Gasteiger partial charge is 0.328 e. The van der Waals surface area contributed by atoms with E-state index in [0.29, 0.717) is 13.0 Å². The highest BCUT2D eigenvalue weighted by Crippen LogP contribution is 2.20. The molecule has 1 aromatic heterocycles. The van der Waals surface area contributed by atoms with E-state index in [2.05, 4.69) is 67.6 Å². The van der Waals surface area contributed by atoms with Crippen molar-refractivity contribution in [1.82, 2.24) is 20.2 Å². The molecule has 3 atom stereocenters. The third-order valence-corrected chi connectivity index (χ3v) is 14.2. The van der Waals surface area contributed by atoms with E-state index in [4.69, 9.17) is 9.47 Å². The van der Waals surface area contributed by atoms with Crippen LogP contribution in [-0.4, -0.2) is 58.1 Å². The van der Waals surface area contributed by atoms with Crippen LogP contribution in [0.3, 0.4) is 0 Å². The summed E-state index contributed by atoms with van der Waals surface area (Å²) in [4.78, 5) is 58.1. The lowest BCUT2D eigenvalue weighted by molar-refractivity contribution is -0.155. The zero-order chi connectivity index (χ0) is 52.9. The first kappa shape index (κ1) is 67.6. The first-order chi connectivity index (χ1) is 35.8. The Morgan fingerprint density at radius 3 is 1.36 bits per heavy atom. The van der Waals surface area contributed by atoms with Gasteiger partial charge in [-0.05, 0) is 89.9 Å². The first-order valence-electron chi connectivity index (χ1n) is 31.0. The fraction of sp³-hybridized carbons (Fsp3) is 0.825. The monoisotopic (exact) mass is 1020 g/mol. The van der Waals surface area contributed by atoms with Crippen molar-refractivity contribution in [2.45, 2.75) is 329 Å². The molecule has 0 aliphatic heterocycles. The van der Waals surface area contributed by atoms with Crippen LogP contribution in [0.4, 0.5) is 0 Å². The number of amides is 2. The molecule has 73 heavy (non-hydrogen) atoms. The number of aromatic nitrogens is 2. The average molecular weight is 1020 g/mol. The summed E-state index contributed by atoms with van der Waals surface area (Å²) in [6, 6.07) is -1.02. The fourth-order valence-corrected chi connectivity index (χ4v) is 9.50. The molecule has 0 aliphatic carbocycles. The molecular weight excluding hydrogens is 909 g/mol. The minimum atomic E-state index is -1.02. The molecule has 1 rings (SSSR count). The van der Waals surface area contributed by atoms with E-state index in [1.165, 1.54) is 167 Å². The molecule has 0 radical (unpaired) electrons. The molecule has 0 bridgehead atoms. The third kappa shape index (κ3) is 44.6. The van der Waals surface area contributed by atoms with Crippen LogP contribution >= 0.6 is 0 Å². The molecule has 1 heterocycles. The van der Waals surface area contributed by atoms with Crippen molar-refractivity contribution in [3.8, 4) is 0 Å². The van der Waals surface area contributed by atoms with Crippen molar-refractivity contribution >= 4 is 23.8 Å².